The molecule has 0 heterocycles. The third-order valence-corrected chi connectivity index (χ3v) is 6.27. The van der Waals surface area contributed by atoms with E-state index in [-0.39, 0.29) is 0 Å². The summed E-state index contributed by atoms with van der Waals surface area (Å²) < 4.78 is 40.7. The van der Waals surface area contributed by atoms with Crippen LogP contribution >= 0.6 is 0 Å². The van der Waals surface area contributed by atoms with Gasteiger partial charge in [-0.25, -0.2) is 12.6 Å². The summed E-state index contributed by atoms with van der Waals surface area (Å²) in [6.07, 6.45) is -7.53. The normalized spacial score (nSPS) is 22.8. The first-order valence-corrected chi connectivity index (χ1v) is 7.98. The second-order valence-electron chi connectivity index (χ2n) is 3.81. The number of sulfone groups is 1. The average molecular weight is 306 g/mol. The van der Waals surface area contributed by atoms with E-state index in [2.05, 4.69) is 0 Å². The number of aliphatic hydroxyl groups excluding tert-OH is 4. The second kappa shape index (κ2) is 6.89. The van der Waals surface area contributed by atoms with Crippen LogP contribution in [-0.2, 0) is 20.9 Å². The highest BCUT2D eigenvalue weighted by molar-refractivity contribution is 8.04. The van der Waals surface area contributed by atoms with Crippen LogP contribution in [0.1, 0.15) is 13.8 Å². The molecule has 2 unspecified atom stereocenters. The fourth-order valence-corrected chi connectivity index (χ4v) is 4.00. The largest absolute Gasteiger partial charge is 0.391 e. The maximum Gasteiger partial charge on any atom is 0.190 e. The van der Waals surface area contributed by atoms with Gasteiger partial charge in [-0.1, -0.05) is 6.92 Å². The highest BCUT2D eigenvalue weighted by atomic mass is 32.3. The molecule has 0 radical (unpaired) electrons. The van der Waals surface area contributed by atoms with Crippen molar-refractivity contribution < 1.29 is 37.6 Å². The van der Waals surface area contributed by atoms with Crippen LogP contribution in [0.4, 0.5) is 0 Å². The van der Waals surface area contributed by atoms with Crippen molar-refractivity contribution in [3.05, 3.63) is 0 Å². The molecule has 6 atom stereocenters. The summed E-state index contributed by atoms with van der Waals surface area (Å²) >= 11 is -2.94. The molecule has 0 aliphatic carbocycles. The Balaban J connectivity index is 5.24. The van der Waals surface area contributed by atoms with Crippen molar-refractivity contribution in [3.8, 4) is 0 Å². The van der Waals surface area contributed by atoms with Crippen molar-refractivity contribution in [1.29, 1.82) is 0 Å². The van der Waals surface area contributed by atoms with Crippen LogP contribution in [0.25, 0.3) is 0 Å². The summed E-state index contributed by atoms with van der Waals surface area (Å²) in [6, 6.07) is 0. The fraction of sp³-hybridized carbons (Fsp3) is 1.00. The molecule has 0 spiro atoms. The molecular weight excluding hydrogens is 288 g/mol. The Bertz CT molecular complexity index is 379. The van der Waals surface area contributed by atoms with Gasteiger partial charge in [0.1, 0.15) is 18.3 Å². The van der Waals surface area contributed by atoms with E-state index in [4.69, 9.17) is 9.66 Å². The lowest BCUT2D eigenvalue weighted by atomic mass is 10.1. The van der Waals surface area contributed by atoms with Crippen molar-refractivity contribution in [2.75, 3.05) is 5.75 Å². The van der Waals surface area contributed by atoms with Crippen LogP contribution in [0.15, 0.2) is 0 Å². The molecule has 18 heavy (non-hydrogen) atoms. The van der Waals surface area contributed by atoms with Crippen LogP contribution in [0.3, 0.4) is 0 Å². The van der Waals surface area contributed by atoms with Crippen molar-refractivity contribution in [2.24, 2.45) is 0 Å². The van der Waals surface area contributed by atoms with E-state index < -0.39 is 55.7 Å². The summed E-state index contributed by atoms with van der Waals surface area (Å²) in [5, 5.41) is 37.4. The molecule has 0 saturated carbocycles. The van der Waals surface area contributed by atoms with Gasteiger partial charge in [0.25, 0.3) is 0 Å². The Kier molecular flexibility index (Phi) is 6.85. The van der Waals surface area contributed by atoms with E-state index in [1.807, 2.05) is 0 Å². The molecule has 0 aromatic carbocycles. The summed E-state index contributed by atoms with van der Waals surface area (Å²) in [4.78, 5) is 0. The van der Waals surface area contributed by atoms with Gasteiger partial charge in [0, 0.05) is 5.75 Å². The quantitative estimate of drug-likeness (QED) is 0.322. The molecule has 0 amide bonds. The van der Waals surface area contributed by atoms with Gasteiger partial charge in [-0.05, 0) is 6.92 Å². The summed E-state index contributed by atoms with van der Waals surface area (Å²) in [7, 11) is -4.12. The third-order valence-electron chi connectivity index (χ3n) is 2.43. The first-order chi connectivity index (χ1) is 8.06. The molecule has 0 aromatic rings. The Labute approximate surface area is 107 Å². The van der Waals surface area contributed by atoms with E-state index >= 15 is 0 Å². The maximum atomic E-state index is 11.5. The maximum absolute atomic E-state index is 11.5. The summed E-state index contributed by atoms with van der Waals surface area (Å²) in [5.41, 5.74) is 0. The Morgan fingerprint density at radius 1 is 1.06 bits per heavy atom. The Hall–Kier alpha value is -0.100. The Morgan fingerprint density at radius 3 is 1.78 bits per heavy atom. The molecule has 0 bridgehead atoms. The van der Waals surface area contributed by atoms with Crippen molar-refractivity contribution >= 4 is 20.9 Å². The molecular formula is C8H18O8S2. The minimum Gasteiger partial charge on any atom is -0.391 e. The van der Waals surface area contributed by atoms with Crippen molar-refractivity contribution in [2.45, 2.75) is 42.8 Å². The summed E-state index contributed by atoms with van der Waals surface area (Å²) in [6.45, 7) is 2.32. The standard InChI is InChI=1S/C8H18O8S2/c1-3-18(15,16)8(17(13)14)7(12)6(11)5(10)4(2)9/h4-12H,3H2,1-2H3,(H,13,14)/t4-,5-,6+,7+,8?/m0/s1. The lowest BCUT2D eigenvalue weighted by Gasteiger charge is -2.28. The predicted octanol–water partition coefficient (Wildman–Crippen LogP) is -2.57. The van der Waals surface area contributed by atoms with E-state index in [1.54, 1.807) is 0 Å². The topological polar surface area (TPSA) is 152 Å². The van der Waals surface area contributed by atoms with Gasteiger partial charge in [-0.3, -0.25) is 0 Å². The van der Waals surface area contributed by atoms with Crippen LogP contribution in [-0.4, -0.2) is 72.4 Å². The molecule has 0 aliphatic heterocycles. The molecule has 0 fully saturated rings. The highest BCUT2D eigenvalue weighted by Crippen LogP contribution is 2.17. The highest BCUT2D eigenvalue weighted by Gasteiger charge is 2.43. The van der Waals surface area contributed by atoms with Crippen molar-refractivity contribution in [1.82, 2.24) is 0 Å². The summed E-state index contributed by atoms with van der Waals surface area (Å²) in [5.74, 6) is -0.515. The monoisotopic (exact) mass is 306 g/mol. The number of hydrogen-bond donors (Lipinski definition) is 5. The van der Waals surface area contributed by atoms with E-state index in [9.17, 15) is 27.9 Å². The fourth-order valence-electron chi connectivity index (χ4n) is 1.27. The molecule has 110 valence electrons. The molecule has 10 heteroatoms. The zero-order valence-corrected chi connectivity index (χ0v) is 11.5. The van der Waals surface area contributed by atoms with Gasteiger partial charge in [-0.2, -0.15) is 0 Å². The van der Waals surface area contributed by atoms with Gasteiger partial charge in [0.05, 0.1) is 6.10 Å². The first-order valence-electron chi connectivity index (χ1n) is 5.09. The first kappa shape index (κ1) is 17.9. The van der Waals surface area contributed by atoms with Crippen LogP contribution in [0.5, 0.6) is 0 Å². The van der Waals surface area contributed by atoms with Gasteiger partial charge in [0.2, 0.25) is 0 Å². The van der Waals surface area contributed by atoms with E-state index in [0.29, 0.717) is 0 Å². The van der Waals surface area contributed by atoms with E-state index in [1.165, 1.54) is 6.92 Å². The van der Waals surface area contributed by atoms with Crippen molar-refractivity contribution in [3.63, 3.8) is 0 Å². The zero-order valence-electron chi connectivity index (χ0n) is 9.87. The molecule has 5 N–H and O–H groups in total. The number of hydrogen-bond acceptors (Lipinski definition) is 7. The van der Waals surface area contributed by atoms with Crippen LogP contribution in [0.2, 0.25) is 0 Å². The minimum atomic E-state index is -4.12. The van der Waals surface area contributed by atoms with Gasteiger partial charge in [-0.15, -0.1) is 0 Å². The second-order valence-corrected chi connectivity index (χ2v) is 7.58. The van der Waals surface area contributed by atoms with Crippen LogP contribution < -0.4 is 0 Å². The number of aliphatic hydroxyl groups is 4. The van der Waals surface area contributed by atoms with Gasteiger partial charge in [0.15, 0.2) is 25.5 Å². The molecule has 0 rings (SSSR count). The third kappa shape index (κ3) is 4.23. The zero-order chi connectivity index (χ0) is 14.7. The molecule has 0 aromatic heterocycles. The van der Waals surface area contributed by atoms with E-state index in [0.717, 1.165) is 6.92 Å². The lowest BCUT2D eigenvalue weighted by Crippen LogP contribution is -2.52. The predicted molar refractivity (Wildman–Crippen MR) is 63.7 cm³/mol. The Morgan fingerprint density at radius 2 is 1.50 bits per heavy atom. The minimum absolute atomic E-state index is 0.515. The SMILES string of the molecule is CCS(=O)(=O)C([C@H](O)[C@H](O)[C@@H](O)[C@H](C)O)S(=O)O. The molecule has 8 nitrogen and oxygen atoms in total. The number of rotatable bonds is 7. The van der Waals surface area contributed by atoms with Crippen LogP contribution in [0, 0.1) is 0 Å². The smallest absolute Gasteiger partial charge is 0.190 e. The average Bonchev–Trinajstić information content (AvgIpc) is 2.25. The van der Waals surface area contributed by atoms with Gasteiger partial charge < -0.3 is 25.0 Å². The molecule has 0 saturated heterocycles. The van der Waals surface area contributed by atoms with Gasteiger partial charge >= 0.3 is 0 Å². The molecule has 0 aliphatic rings. The lowest BCUT2D eigenvalue weighted by molar-refractivity contribution is -0.0961.